The van der Waals surface area contributed by atoms with Gasteiger partial charge in [0.05, 0.1) is 33.9 Å². The second kappa shape index (κ2) is 9.89. The molecule has 0 aromatic heterocycles. The van der Waals surface area contributed by atoms with Gasteiger partial charge in [0.15, 0.2) is 16.7 Å². The van der Waals surface area contributed by atoms with Gasteiger partial charge in [-0.3, -0.25) is 4.79 Å². The van der Waals surface area contributed by atoms with Crippen LogP contribution in [-0.4, -0.2) is 24.3 Å². The Hall–Kier alpha value is -1.67. The van der Waals surface area contributed by atoms with Crippen LogP contribution in [0.2, 0.25) is 10.0 Å². The Morgan fingerprint density at radius 2 is 1.86 bits per heavy atom. The molecule has 0 spiro atoms. The SMILES string of the molecule is CCOc1cc(Br)c(/C=C2/SC(=Nc3cccc(Cl)c3Cl)NC2=O)cc1OCC. The monoisotopic (exact) mass is 514 g/mol. The molecule has 0 radical (unpaired) electrons. The van der Waals surface area contributed by atoms with Crippen molar-refractivity contribution in [3.8, 4) is 11.5 Å². The number of nitrogens with zero attached hydrogens (tertiary/aromatic N) is 1. The average Bonchev–Trinajstić information content (AvgIpc) is 3.02. The highest BCUT2D eigenvalue weighted by Gasteiger charge is 2.25. The lowest BCUT2D eigenvalue weighted by atomic mass is 10.2. The van der Waals surface area contributed by atoms with Crippen molar-refractivity contribution in [2.24, 2.45) is 4.99 Å². The third-order valence-electron chi connectivity index (χ3n) is 3.75. The molecule has 1 heterocycles. The first kappa shape index (κ1) is 22.0. The summed E-state index contributed by atoms with van der Waals surface area (Å²) in [7, 11) is 0. The van der Waals surface area contributed by atoms with Crippen molar-refractivity contribution in [3.05, 3.63) is 55.3 Å². The Bertz CT molecular complexity index is 1010. The van der Waals surface area contributed by atoms with Gasteiger partial charge in [0.1, 0.15) is 0 Å². The fourth-order valence-corrected chi connectivity index (χ4v) is 4.11. The summed E-state index contributed by atoms with van der Waals surface area (Å²) in [6.07, 6.45) is 1.77. The number of amides is 1. The fraction of sp³-hybridized carbons (Fsp3) is 0.200. The summed E-state index contributed by atoms with van der Waals surface area (Å²) >= 11 is 17.0. The second-order valence-electron chi connectivity index (χ2n) is 5.74. The zero-order valence-electron chi connectivity index (χ0n) is 15.6. The van der Waals surface area contributed by atoms with Crippen LogP contribution in [0, 0.1) is 0 Å². The summed E-state index contributed by atoms with van der Waals surface area (Å²) in [5, 5.41) is 3.91. The molecule has 1 fully saturated rings. The van der Waals surface area contributed by atoms with E-state index in [1.807, 2.05) is 26.0 Å². The number of carbonyl (C=O) groups is 1. The number of halogens is 3. The topological polar surface area (TPSA) is 59.9 Å². The predicted octanol–water partition coefficient (Wildman–Crippen LogP) is 6.44. The lowest BCUT2D eigenvalue weighted by Gasteiger charge is -2.13. The van der Waals surface area contributed by atoms with Crippen molar-refractivity contribution >= 4 is 73.7 Å². The smallest absolute Gasteiger partial charge is 0.264 e. The summed E-state index contributed by atoms with van der Waals surface area (Å²) in [5.41, 5.74) is 1.28. The van der Waals surface area contributed by atoms with Crippen LogP contribution >= 0.6 is 50.9 Å². The molecule has 1 aliphatic heterocycles. The van der Waals surface area contributed by atoms with Crippen LogP contribution in [0.3, 0.4) is 0 Å². The first-order chi connectivity index (χ1) is 13.9. The second-order valence-corrected chi connectivity index (χ2v) is 8.41. The van der Waals surface area contributed by atoms with Crippen LogP contribution in [0.5, 0.6) is 11.5 Å². The molecule has 29 heavy (non-hydrogen) atoms. The molecule has 9 heteroatoms. The van der Waals surface area contributed by atoms with Crippen LogP contribution in [0.4, 0.5) is 5.69 Å². The molecule has 0 bridgehead atoms. The lowest BCUT2D eigenvalue weighted by Crippen LogP contribution is -2.19. The molecule has 0 atom stereocenters. The van der Waals surface area contributed by atoms with E-state index in [2.05, 4.69) is 26.2 Å². The van der Waals surface area contributed by atoms with Crippen molar-refractivity contribution in [3.63, 3.8) is 0 Å². The number of ether oxygens (including phenoxy) is 2. The molecule has 1 N–H and O–H groups in total. The van der Waals surface area contributed by atoms with Gasteiger partial charge < -0.3 is 14.8 Å². The highest BCUT2D eigenvalue weighted by molar-refractivity contribution is 9.10. The van der Waals surface area contributed by atoms with Gasteiger partial charge in [0.25, 0.3) is 5.91 Å². The van der Waals surface area contributed by atoms with Gasteiger partial charge in [0, 0.05) is 4.47 Å². The van der Waals surface area contributed by atoms with Crippen molar-refractivity contribution in [1.82, 2.24) is 5.32 Å². The first-order valence-electron chi connectivity index (χ1n) is 8.75. The van der Waals surface area contributed by atoms with Crippen LogP contribution in [0.15, 0.2) is 44.7 Å². The zero-order chi connectivity index (χ0) is 21.0. The average molecular weight is 516 g/mol. The van der Waals surface area contributed by atoms with E-state index in [4.69, 9.17) is 32.7 Å². The van der Waals surface area contributed by atoms with Gasteiger partial charge >= 0.3 is 0 Å². The van der Waals surface area contributed by atoms with Crippen LogP contribution in [0.1, 0.15) is 19.4 Å². The third kappa shape index (κ3) is 5.28. The molecule has 5 nitrogen and oxygen atoms in total. The van der Waals surface area contributed by atoms with Gasteiger partial charge in [-0.05, 0) is 61.5 Å². The maximum Gasteiger partial charge on any atom is 0.264 e. The number of aliphatic imine (C=N–C) groups is 1. The molecule has 1 aliphatic rings. The number of hydrogen-bond acceptors (Lipinski definition) is 5. The lowest BCUT2D eigenvalue weighted by molar-refractivity contribution is -0.115. The third-order valence-corrected chi connectivity index (χ3v) is 6.16. The highest BCUT2D eigenvalue weighted by Crippen LogP contribution is 2.38. The fourth-order valence-electron chi connectivity index (χ4n) is 2.51. The van der Waals surface area contributed by atoms with E-state index < -0.39 is 0 Å². The molecular formula is C20H17BrCl2N2O3S. The van der Waals surface area contributed by atoms with E-state index in [0.717, 1.165) is 10.0 Å². The summed E-state index contributed by atoms with van der Waals surface area (Å²) in [5.74, 6) is 1.02. The summed E-state index contributed by atoms with van der Waals surface area (Å²) in [4.78, 5) is 17.3. The highest BCUT2D eigenvalue weighted by atomic mass is 79.9. The number of benzene rings is 2. The normalized spacial score (nSPS) is 16.4. The Labute approximate surface area is 191 Å². The van der Waals surface area contributed by atoms with Crippen molar-refractivity contribution in [2.45, 2.75) is 13.8 Å². The molecule has 152 valence electrons. The molecule has 2 aromatic rings. The predicted molar refractivity (Wildman–Crippen MR) is 124 cm³/mol. The minimum atomic E-state index is -0.245. The number of carbonyl (C=O) groups excluding carboxylic acids is 1. The molecule has 2 aromatic carbocycles. The number of thioether (sulfide) groups is 1. The Morgan fingerprint density at radius 1 is 1.17 bits per heavy atom. The number of rotatable bonds is 6. The Balaban J connectivity index is 1.91. The number of hydrogen-bond donors (Lipinski definition) is 1. The van der Waals surface area contributed by atoms with Gasteiger partial charge in [-0.25, -0.2) is 4.99 Å². The minimum Gasteiger partial charge on any atom is -0.490 e. The van der Waals surface area contributed by atoms with Crippen molar-refractivity contribution in [2.75, 3.05) is 13.2 Å². The van der Waals surface area contributed by atoms with Gasteiger partial charge in [-0.15, -0.1) is 0 Å². The maximum atomic E-state index is 12.4. The molecule has 0 saturated carbocycles. The zero-order valence-corrected chi connectivity index (χ0v) is 19.5. The quantitative estimate of drug-likeness (QED) is 0.449. The molecular weight excluding hydrogens is 499 g/mol. The Kier molecular flexibility index (Phi) is 7.51. The number of nitrogens with one attached hydrogen (secondary N) is 1. The summed E-state index contributed by atoms with van der Waals surface area (Å²) in [6.45, 7) is 4.84. The van der Waals surface area contributed by atoms with E-state index in [9.17, 15) is 4.79 Å². The van der Waals surface area contributed by atoms with E-state index in [1.165, 1.54) is 11.8 Å². The van der Waals surface area contributed by atoms with Crippen LogP contribution in [-0.2, 0) is 4.79 Å². The standard InChI is InChI=1S/C20H17BrCl2N2O3S/c1-3-27-15-8-11(12(21)10-16(15)28-4-2)9-17-19(26)25-20(29-17)24-14-7-5-6-13(22)18(14)23/h5-10H,3-4H2,1-2H3,(H,24,25,26)/b17-9+. The van der Waals surface area contributed by atoms with E-state index in [1.54, 1.807) is 24.3 Å². The summed E-state index contributed by atoms with van der Waals surface area (Å²) < 4.78 is 12.1. The van der Waals surface area contributed by atoms with Crippen molar-refractivity contribution in [1.29, 1.82) is 0 Å². The van der Waals surface area contributed by atoms with Gasteiger partial charge in [-0.2, -0.15) is 0 Å². The molecule has 1 amide bonds. The summed E-state index contributed by atoms with van der Waals surface area (Å²) in [6, 6.07) is 8.82. The van der Waals surface area contributed by atoms with Crippen LogP contribution in [0.25, 0.3) is 6.08 Å². The largest absolute Gasteiger partial charge is 0.490 e. The molecule has 1 saturated heterocycles. The van der Waals surface area contributed by atoms with Gasteiger partial charge in [0.2, 0.25) is 0 Å². The van der Waals surface area contributed by atoms with Crippen molar-refractivity contribution < 1.29 is 14.3 Å². The number of amidine groups is 1. The van der Waals surface area contributed by atoms with Crippen LogP contribution < -0.4 is 14.8 Å². The van der Waals surface area contributed by atoms with E-state index in [-0.39, 0.29) is 5.91 Å². The van der Waals surface area contributed by atoms with E-state index >= 15 is 0 Å². The first-order valence-corrected chi connectivity index (χ1v) is 11.1. The van der Waals surface area contributed by atoms with Gasteiger partial charge in [-0.1, -0.05) is 45.2 Å². The molecule has 0 unspecified atom stereocenters. The molecule has 0 aliphatic carbocycles. The van der Waals surface area contributed by atoms with E-state index in [0.29, 0.717) is 50.5 Å². The maximum absolute atomic E-state index is 12.4. The Morgan fingerprint density at radius 3 is 2.55 bits per heavy atom. The minimum absolute atomic E-state index is 0.245. The molecule has 3 rings (SSSR count).